The summed E-state index contributed by atoms with van der Waals surface area (Å²) in [5.74, 6) is 0.539. The van der Waals surface area contributed by atoms with Crippen LogP contribution in [0.1, 0.15) is 37.7 Å². The van der Waals surface area contributed by atoms with Crippen LogP contribution in [0.15, 0.2) is 18.2 Å². The molecule has 5 heteroatoms. The highest BCUT2D eigenvalue weighted by Crippen LogP contribution is 2.26. The van der Waals surface area contributed by atoms with Crippen LogP contribution in [0.4, 0.5) is 11.4 Å². The molecule has 0 aliphatic heterocycles. The van der Waals surface area contributed by atoms with Crippen molar-refractivity contribution in [3.8, 4) is 0 Å². The van der Waals surface area contributed by atoms with Gasteiger partial charge in [-0.25, -0.2) is 8.42 Å². The van der Waals surface area contributed by atoms with Crippen molar-refractivity contribution in [1.82, 2.24) is 0 Å². The molecule has 0 radical (unpaired) electrons. The number of anilines is 2. The van der Waals surface area contributed by atoms with Gasteiger partial charge in [0.15, 0.2) is 0 Å². The number of benzene rings is 1. The molecule has 1 aliphatic rings. The third-order valence-corrected chi connectivity index (χ3v) is 5.14. The van der Waals surface area contributed by atoms with Gasteiger partial charge in [0.25, 0.3) is 0 Å². The summed E-state index contributed by atoms with van der Waals surface area (Å²) in [6.45, 7) is 1.86. The van der Waals surface area contributed by atoms with Crippen LogP contribution < -0.4 is 10.5 Å². The first-order valence-electron chi connectivity index (χ1n) is 6.83. The van der Waals surface area contributed by atoms with Crippen LogP contribution in [0, 0.1) is 12.8 Å². The van der Waals surface area contributed by atoms with Gasteiger partial charge in [-0.2, -0.15) is 0 Å². The van der Waals surface area contributed by atoms with Crippen molar-refractivity contribution in [2.45, 2.75) is 39.0 Å². The number of aryl methyl sites for hydroxylation is 1. The molecule has 0 spiro atoms. The second-order valence-corrected chi connectivity index (χ2v) is 7.23. The van der Waals surface area contributed by atoms with Gasteiger partial charge in [-0.1, -0.05) is 19.3 Å². The van der Waals surface area contributed by atoms with E-state index in [9.17, 15) is 8.42 Å². The monoisotopic (exact) mass is 282 g/mol. The minimum absolute atomic E-state index is 0.233. The Bertz CT molecular complexity index is 534. The van der Waals surface area contributed by atoms with Gasteiger partial charge in [-0.05, 0) is 49.4 Å². The maximum atomic E-state index is 12.2. The zero-order valence-corrected chi connectivity index (χ0v) is 12.2. The van der Waals surface area contributed by atoms with E-state index in [1.54, 1.807) is 18.2 Å². The second kappa shape index (κ2) is 5.82. The Kier molecular flexibility index (Phi) is 4.34. The van der Waals surface area contributed by atoms with Crippen molar-refractivity contribution in [2.75, 3.05) is 16.2 Å². The Balaban J connectivity index is 2.03. The minimum Gasteiger partial charge on any atom is -0.399 e. The number of nitrogens with two attached hydrogens (primary N) is 1. The lowest BCUT2D eigenvalue weighted by Crippen LogP contribution is -2.24. The van der Waals surface area contributed by atoms with Crippen LogP contribution in [0.3, 0.4) is 0 Å². The third-order valence-electron chi connectivity index (χ3n) is 3.70. The summed E-state index contributed by atoms with van der Waals surface area (Å²) in [5, 5.41) is 0. The molecule has 0 aromatic heterocycles. The highest BCUT2D eigenvalue weighted by molar-refractivity contribution is 7.92. The number of hydrogen-bond donors (Lipinski definition) is 2. The second-order valence-electron chi connectivity index (χ2n) is 5.46. The lowest BCUT2D eigenvalue weighted by Gasteiger charge is -2.22. The normalized spacial score (nSPS) is 17.3. The Labute approximate surface area is 115 Å². The molecule has 1 aromatic carbocycles. The fourth-order valence-corrected chi connectivity index (χ4v) is 4.28. The fourth-order valence-electron chi connectivity index (χ4n) is 2.67. The predicted molar refractivity (Wildman–Crippen MR) is 79.6 cm³/mol. The highest BCUT2D eigenvalue weighted by atomic mass is 32.2. The maximum Gasteiger partial charge on any atom is 0.233 e. The molecule has 1 aliphatic carbocycles. The summed E-state index contributed by atoms with van der Waals surface area (Å²) < 4.78 is 27.0. The molecule has 19 heavy (non-hydrogen) atoms. The van der Waals surface area contributed by atoms with Gasteiger partial charge < -0.3 is 5.73 Å². The summed E-state index contributed by atoms with van der Waals surface area (Å²) in [6, 6.07) is 5.22. The molecule has 3 N–H and O–H groups in total. The first-order valence-corrected chi connectivity index (χ1v) is 8.48. The van der Waals surface area contributed by atoms with Crippen molar-refractivity contribution in [3.63, 3.8) is 0 Å². The van der Waals surface area contributed by atoms with Gasteiger partial charge in [-0.15, -0.1) is 0 Å². The van der Waals surface area contributed by atoms with E-state index in [4.69, 9.17) is 5.73 Å². The molecule has 106 valence electrons. The Hall–Kier alpha value is -1.23. The first-order chi connectivity index (χ1) is 8.96. The molecule has 1 saturated carbocycles. The SMILES string of the molecule is Cc1cc(N)ccc1NS(=O)(=O)CC1CCCCC1. The summed E-state index contributed by atoms with van der Waals surface area (Å²) in [7, 11) is -3.26. The lowest BCUT2D eigenvalue weighted by molar-refractivity contribution is 0.385. The molecular weight excluding hydrogens is 260 g/mol. The molecule has 0 saturated heterocycles. The molecule has 1 fully saturated rings. The molecule has 0 amide bonds. The van der Waals surface area contributed by atoms with E-state index in [-0.39, 0.29) is 5.75 Å². The smallest absolute Gasteiger partial charge is 0.233 e. The van der Waals surface area contributed by atoms with E-state index in [1.807, 2.05) is 6.92 Å². The highest BCUT2D eigenvalue weighted by Gasteiger charge is 2.21. The van der Waals surface area contributed by atoms with E-state index >= 15 is 0 Å². The molecule has 0 unspecified atom stereocenters. The van der Waals surface area contributed by atoms with E-state index in [0.29, 0.717) is 17.3 Å². The van der Waals surface area contributed by atoms with Crippen molar-refractivity contribution >= 4 is 21.4 Å². The van der Waals surface area contributed by atoms with Gasteiger partial charge in [-0.3, -0.25) is 4.72 Å². The Morgan fingerprint density at radius 1 is 1.26 bits per heavy atom. The fraction of sp³-hybridized carbons (Fsp3) is 0.571. The third kappa shape index (κ3) is 4.13. The van der Waals surface area contributed by atoms with Gasteiger partial charge in [0.1, 0.15) is 0 Å². The number of rotatable bonds is 4. The van der Waals surface area contributed by atoms with E-state index in [1.165, 1.54) is 6.42 Å². The summed E-state index contributed by atoms with van der Waals surface area (Å²) in [5.41, 5.74) is 7.79. The number of nitrogens with one attached hydrogen (secondary N) is 1. The summed E-state index contributed by atoms with van der Waals surface area (Å²) >= 11 is 0. The van der Waals surface area contributed by atoms with E-state index in [2.05, 4.69) is 4.72 Å². The topological polar surface area (TPSA) is 72.2 Å². The average Bonchev–Trinajstić information content (AvgIpc) is 2.33. The predicted octanol–water partition coefficient (Wildman–Crippen LogP) is 2.90. The average molecular weight is 282 g/mol. The Morgan fingerprint density at radius 3 is 2.58 bits per heavy atom. The first kappa shape index (κ1) is 14.2. The van der Waals surface area contributed by atoms with Crippen LogP contribution in [0.5, 0.6) is 0 Å². The minimum atomic E-state index is -3.26. The van der Waals surface area contributed by atoms with Crippen LogP contribution in [-0.2, 0) is 10.0 Å². The largest absolute Gasteiger partial charge is 0.399 e. The number of nitrogen functional groups attached to an aromatic ring is 1. The van der Waals surface area contributed by atoms with Crippen LogP contribution in [0.2, 0.25) is 0 Å². The quantitative estimate of drug-likeness (QED) is 0.834. The standard InChI is InChI=1S/C14H22N2O2S/c1-11-9-13(15)7-8-14(11)16-19(17,18)10-12-5-3-2-4-6-12/h7-9,12,16H,2-6,10,15H2,1H3. The molecule has 0 heterocycles. The van der Waals surface area contributed by atoms with Gasteiger partial charge in [0.2, 0.25) is 10.0 Å². The van der Waals surface area contributed by atoms with Crippen LogP contribution in [-0.4, -0.2) is 14.2 Å². The van der Waals surface area contributed by atoms with Crippen molar-refractivity contribution in [3.05, 3.63) is 23.8 Å². The van der Waals surface area contributed by atoms with Gasteiger partial charge in [0.05, 0.1) is 11.4 Å². The summed E-state index contributed by atoms with van der Waals surface area (Å²) in [4.78, 5) is 0. The zero-order chi connectivity index (χ0) is 13.9. The molecular formula is C14H22N2O2S. The van der Waals surface area contributed by atoms with Gasteiger partial charge >= 0.3 is 0 Å². The van der Waals surface area contributed by atoms with E-state index < -0.39 is 10.0 Å². The lowest BCUT2D eigenvalue weighted by atomic mass is 9.91. The van der Waals surface area contributed by atoms with Gasteiger partial charge in [0, 0.05) is 5.69 Å². The number of hydrogen-bond acceptors (Lipinski definition) is 3. The van der Waals surface area contributed by atoms with E-state index in [0.717, 1.165) is 31.2 Å². The van der Waals surface area contributed by atoms with Crippen LogP contribution in [0.25, 0.3) is 0 Å². The Morgan fingerprint density at radius 2 is 1.95 bits per heavy atom. The molecule has 4 nitrogen and oxygen atoms in total. The molecule has 0 bridgehead atoms. The number of sulfonamides is 1. The van der Waals surface area contributed by atoms with Crippen molar-refractivity contribution in [2.24, 2.45) is 5.92 Å². The summed E-state index contributed by atoms with van der Waals surface area (Å²) in [6.07, 6.45) is 5.60. The van der Waals surface area contributed by atoms with Crippen molar-refractivity contribution in [1.29, 1.82) is 0 Å². The molecule has 2 rings (SSSR count). The molecule has 0 atom stereocenters. The van der Waals surface area contributed by atoms with Crippen molar-refractivity contribution < 1.29 is 8.42 Å². The maximum absolute atomic E-state index is 12.2. The zero-order valence-electron chi connectivity index (χ0n) is 11.4. The molecule has 1 aromatic rings. The van der Waals surface area contributed by atoms with Crippen LogP contribution >= 0.6 is 0 Å².